The third kappa shape index (κ3) is 6.16. The summed E-state index contributed by atoms with van der Waals surface area (Å²) in [5, 5.41) is 2.65. The molecule has 0 saturated heterocycles. The number of aryl methyl sites for hydroxylation is 2. The van der Waals surface area contributed by atoms with Crippen LogP contribution in [0.15, 0.2) is 194 Å². The molecule has 2 aliphatic heterocycles. The molecule has 0 amide bonds. The standard InChI is InChI=1S/C61H48N4.C2H6/c1-60(2)46-23-11-15-27-51(46)63(52-28-16-12-24-47(52)60)44-33-41-31-32-42-34-45(64-53-29-17-13-25-48(53)61(3,4)49-26-14-18-30-54(49)64)38-56-59(42)58(41)55(37-44)65(56)57-36-43(39-19-7-5-8-20-39)35-50(62-57)40-21-9-6-10-22-40;1-2/h5-30,33-38H,31-32H2,1-4H3;1-2H3. The van der Waals surface area contributed by atoms with Crippen LogP contribution in [0, 0.1) is 0 Å². The van der Waals surface area contributed by atoms with Crippen LogP contribution in [0.3, 0.4) is 0 Å². The highest BCUT2D eigenvalue weighted by Crippen LogP contribution is 2.55. The van der Waals surface area contributed by atoms with E-state index in [4.69, 9.17) is 4.98 Å². The van der Waals surface area contributed by atoms with Gasteiger partial charge in [0.05, 0.1) is 39.5 Å². The van der Waals surface area contributed by atoms with Crippen LogP contribution >= 0.6 is 0 Å². The zero-order valence-electron chi connectivity index (χ0n) is 39.2. The van der Waals surface area contributed by atoms with Gasteiger partial charge in [-0.25, -0.2) is 4.98 Å². The van der Waals surface area contributed by atoms with Crippen molar-refractivity contribution in [3.8, 4) is 28.2 Å². The number of anilines is 6. The fourth-order valence-electron chi connectivity index (χ4n) is 11.6. The van der Waals surface area contributed by atoms with Gasteiger partial charge in [0.2, 0.25) is 0 Å². The quantitative estimate of drug-likeness (QED) is 0.172. The molecule has 0 radical (unpaired) electrons. The van der Waals surface area contributed by atoms with E-state index in [9.17, 15) is 0 Å². The van der Waals surface area contributed by atoms with Gasteiger partial charge in [-0.3, -0.25) is 4.57 Å². The van der Waals surface area contributed by atoms with E-state index in [-0.39, 0.29) is 10.8 Å². The summed E-state index contributed by atoms with van der Waals surface area (Å²) in [5.41, 5.74) is 21.7. The maximum absolute atomic E-state index is 5.65. The van der Waals surface area contributed by atoms with Crippen molar-refractivity contribution in [2.45, 2.75) is 65.2 Å². The van der Waals surface area contributed by atoms with Crippen molar-refractivity contribution in [2.75, 3.05) is 9.80 Å². The summed E-state index contributed by atoms with van der Waals surface area (Å²) >= 11 is 0. The molecule has 4 heteroatoms. The number of hydrogen-bond acceptors (Lipinski definition) is 3. The summed E-state index contributed by atoms with van der Waals surface area (Å²) in [7, 11) is 0. The zero-order valence-corrected chi connectivity index (χ0v) is 39.2. The van der Waals surface area contributed by atoms with Gasteiger partial charge in [-0.15, -0.1) is 0 Å². The number of nitrogens with zero attached hydrogens (tertiary/aromatic N) is 4. The zero-order chi connectivity index (χ0) is 45.6. The minimum Gasteiger partial charge on any atom is -0.310 e. The molecule has 2 aromatic heterocycles. The lowest BCUT2D eigenvalue weighted by molar-refractivity contribution is 0.631. The Morgan fingerprint density at radius 2 is 0.761 bits per heavy atom. The molecule has 67 heavy (non-hydrogen) atoms. The number of pyridine rings is 1. The van der Waals surface area contributed by atoms with Gasteiger partial charge in [0.25, 0.3) is 0 Å². The molecule has 10 aromatic rings. The molecule has 0 unspecified atom stereocenters. The van der Waals surface area contributed by atoms with Gasteiger partial charge < -0.3 is 9.80 Å². The minimum absolute atomic E-state index is 0.154. The molecule has 0 fully saturated rings. The van der Waals surface area contributed by atoms with Crippen molar-refractivity contribution >= 4 is 55.9 Å². The van der Waals surface area contributed by atoms with Gasteiger partial charge in [0.1, 0.15) is 5.82 Å². The Morgan fingerprint density at radius 3 is 1.18 bits per heavy atom. The number of rotatable bonds is 5. The molecule has 326 valence electrons. The van der Waals surface area contributed by atoms with Crippen molar-refractivity contribution in [2.24, 2.45) is 0 Å². The highest BCUT2D eigenvalue weighted by Gasteiger charge is 2.39. The Balaban J connectivity index is 0.00000231. The monoisotopic (exact) mass is 866 g/mol. The third-order valence-corrected chi connectivity index (χ3v) is 14.8. The molecular formula is C63H54N4. The average molecular weight is 867 g/mol. The first-order valence-electron chi connectivity index (χ1n) is 24.0. The number of para-hydroxylation sites is 4. The van der Waals surface area contributed by atoms with Crippen molar-refractivity contribution in [1.82, 2.24) is 9.55 Å². The fraction of sp³-hybridized carbons (Fsp3) is 0.159. The van der Waals surface area contributed by atoms with E-state index in [2.05, 4.69) is 236 Å². The van der Waals surface area contributed by atoms with Gasteiger partial charge in [0.15, 0.2) is 0 Å². The summed E-state index contributed by atoms with van der Waals surface area (Å²) in [6, 6.07) is 71.8. The molecule has 0 N–H and O–H groups in total. The second-order valence-corrected chi connectivity index (χ2v) is 19.2. The van der Waals surface area contributed by atoms with Crippen molar-refractivity contribution in [3.63, 3.8) is 0 Å². The normalized spacial score (nSPS) is 14.8. The number of hydrogen-bond donors (Lipinski definition) is 0. The molecule has 0 spiro atoms. The SMILES string of the molecule is CC.CC1(C)c2ccccc2N(c2cc3c4c5c(cc(N6c7ccccc7C(C)(C)c7ccccc76)cc5n(-c5cc(-c6ccccc6)cc(-c6ccccc6)n5)c4c2)CC3)c2ccccc21. The molecule has 0 atom stereocenters. The Kier molecular flexibility index (Phi) is 9.41. The lowest BCUT2D eigenvalue weighted by Crippen LogP contribution is -2.30. The lowest BCUT2D eigenvalue weighted by Gasteiger charge is -2.42. The number of aromatic nitrogens is 2. The van der Waals surface area contributed by atoms with Crippen LogP contribution in [0.2, 0.25) is 0 Å². The van der Waals surface area contributed by atoms with E-state index in [0.717, 1.165) is 41.0 Å². The van der Waals surface area contributed by atoms with Crippen LogP contribution in [0.1, 0.15) is 74.9 Å². The second-order valence-electron chi connectivity index (χ2n) is 19.2. The lowest BCUT2D eigenvalue weighted by atomic mass is 9.73. The summed E-state index contributed by atoms with van der Waals surface area (Å²) in [5.74, 6) is 0.902. The first kappa shape index (κ1) is 40.8. The summed E-state index contributed by atoms with van der Waals surface area (Å²) < 4.78 is 2.49. The van der Waals surface area contributed by atoms with E-state index < -0.39 is 0 Å². The van der Waals surface area contributed by atoms with Crippen LogP contribution in [-0.4, -0.2) is 9.55 Å². The highest BCUT2D eigenvalue weighted by atomic mass is 15.2. The first-order valence-corrected chi connectivity index (χ1v) is 24.0. The topological polar surface area (TPSA) is 24.3 Å². The van der Waals surface area contributed by atoms with Crippen LogP contribution in [0.4, 0.5) is 34.1 Å². The molecule has 8 aromatic carbocycles. The molecule has 0 bridgehead atoms. The molecule has 4 heterocycles. The largest absolute Gasteiger partial charge is 0.310 e. The van der Waals surface area contributed by atoms with Crippen molar-refractivity contribution in [1.29, 1.82) is 0 Å². The van der Waals surface area contributed by atoms with Gasteiger partial charge in [-0.2, -0.15) is 0 Å². The molecule has 4 nitrogen and oxygen atoms in total. The van der Waals surface area contributed by atoms with E-state index in [0.29, 0.717) is 0 Å². The Labute approximate surface area is 394 Å². The Morgan fingerprint density at radius 1 is 0.388 bits per heavy atom. The van der Waals surface area contributed by atoms with Crippen LogP contribution in [0.25, 0.3) is 50.0 Å². The molecular weight excluding hydrogens is 813 g/mol. The summed E-state index contributed by atoms with van der Waals surface area (Å²) in [6.07, 6.45) is 1.88. The van der Waals surface area contributed by atoms with E-state index in [1.165, 1.54) is 89.3 Å². The maximum Gasteiger partial charge on any atom is 0.138 e. The van der Waals surface area contributed by atoms with E-state index >= 15 is 0 Å². The van der Waals surface area contributed by atoms with Crippen molar-refractivity contribution in [3.05, 3.63) is 228 Å². The van der Waals surface area contributed by atoms with Crippen LogP contribution in [-0.2, 0) is 23.7 Å². The van der Waals surface area contributed by atoms with Crippen molar-refractivity contribution < 1.29 is 0 Å². The van der Waals surface area contributed by atoms with Gasteiger partial charge in [-0.05, 0) is 118 Å². The average Bonchev–Trinajstić information content (AvgIpc) is 3.71. The van der Waals surface area contributed by atoms with E-state index in [1.54, 1.807) is 0 Å². The fourth-order valence-corrected chi connectivity index (χ4v) is 11.6. The Hall–Kier alpha value is -7.69. The number of fused-ring (bicyclic) bond motifs is 4. The molecule has 1 aliphatic carbocycles. The third-order valence-electron chi connectivity index (χ3n) is 14.8. The van der Waals surface area contributed by atoms with Crippen LogP contribution in [0.5, 0.6) is 0 Å². The van der Waals surface area contributed by atoms with Gasteiger partial charge >= 0.3 is 0 Å². The molecule has 3 aliphatic rings. The number of benzene rings is 8. The van der Waals surface area contributed by atoms with Gasteiger partial charge in [0, 0.05) is 38.5 Å². The summed E-state index contributed by atoms with van der Waals surface area (Å²) in [6.45, 7) is 13.5. The Bertz CT molecular complexity index is 3230. The minimum atomic E-state index is -0.154. The predicted molar refractivity (Wildman–Crippen MR) is 282 cm³/mol. The molecule has 13 rings (SSSR count). The second kappa shape index (κ2) is 15.5. The smallest absolute Gasteiger partial charge is 0.138 e. The predicted octanol–water partition coefficient (Wildman–Crippen LogP) is 16.9. The van der Waals surface area contributed by atoms with Gasteiger partial charge in [-0.1, -0.05) is 175 Å². The molecule has 0 saturated carbocycles. The maximum atomic E-state index is 5.65. The first-order chi connectivity index (χ1) is 32.8. The summed E-state index contributed by atoms with van der Waals surface area (Å²) in [4.78, 5) is 10.7. The van der Waals surface area contributed by atoms with Crippen LogP contribution < -0.4 is 9.80 Å². The highest BCUT2D eigenvalue weighted by molar-refractivity contribution is 6.15. The van der Waals surface area contributed by atoms with E-state index in [1.807, 2.05) is 13.8 Å².